The minimum atomic E-state index is -0.772. The predicted molar refractivity (Wildman–Crippen MR) is 68.6 cm³/mol. The van der Waals surface area contributed by atoms with Gasteiger partial charge >= 0.3 is 5.97 Å². The van der Waals surface area contributed by atoms with E-state index in [2.05, 4.69) is 5.32 Å². The molecular formula is C12H10N2O5S. The minimum Gasteiger partial charge on any atom is -0.493 e. The van der Waals surface area contributed by atoms with Gasteiger partial charge in [-0.05, 0) is 11.4 Å². The molecule has 0 aliphatic carbocycles. The van der Waals surface area contributed by atoms with Crippen LogP contribution in [-0.2, 0) is 23.8 Å². The number of esters is 1. The molecule has 1 N–H and O–H groups in total. The standard InChI is InChI=1S/C12H10N2O5S/c13-5-8-1-4-20-11(8)14-10(15)7-19-12(16)9-6-17-2-3-18-9/h1,4,6H,2-3,7H2,(H,14,15). The van der Waals surface area contributed by atoms with Gasteiger partial charge in [-0.25, -0.2) is 4.79 Å². The van der Waals surface area contributed by atoms with Gasteiger partial charge in [0, 0.05) is 0 Å². The van der Waals surface area contributed by atoms with E-state index in [9.17, 15) is 9.59 Å². The van der Waals surface area contributed by atoms with Crippen LogP contribution in [0.5, 0.6) is 0 Å². The van der Waals surface area contributed by atoms with Crippen LogP contribution in [0.1, 0.15) is 5.56 Å². The van der Waals surface area contributed by atoms with Crippen molar-refractivity contribution in [3.05, 3.63) is 29.0 Å². The lowest BCUT2D eigenvalue weighted by molar-refractivity contribution is -0.148. The van der Waals surface area contributed by atoms with Crippen molar-refractivity contribution in [1.29, 1.82) is 5.26 Å². The zero-order valence-electron chi connectivity index (χ0n) is 10.3. The van der Waals surface area contributed by atoms with E-state index < -0.39 is 18.5 Å². The molecule has 0 bridgehead atoms. The number of amides is 1. The number of nitrogens with zero attached hydrogens (tertiary/aromatic N) is 1. The van der Waals surface area contributed by atoms with E-state index in [4.69, 9.17) is 19.5 Å². The molecule has 0 radical (unpaired) electrons. The number of carbonyl (C=O) groups is 2. The van der Waals surface area contributed by atoms with Crippen LogP contribution < -0.4 is 5.32 Å². The molecular weight excluding hydrogens is 284 g/mol. The Hall–Kier alpha value is -2.53. The molecule has 2 rings (SSSR count). The number of nitrogens with one attached hydrogen (secondary N) is 1. The molecule has 1 aromatic heterocycles. The summed E-state index contributed by atoms with van der Waals surface area (Å²) in [6, 6.07) is 3.53. The summed E-state index contributed by atoms with van der Waals surface area (Å²) >= 11 is 1.21. The summed E-state index contributed by atoms with van der Waals surface area (Å²) in [6.07, 6.45) is 1.15. The van der Waals surface area contributed by atoms with Crippen LogP contribution in [-0.4, -0.2) is 31.7 Å². The van der Waals surface area contributed by atoms with Crippen molar-refractivity contribution in [2.75, 3.05) is 25.1 Å². The van der Waals surface area contributed by atoms with E-state index in [1.54, 1.807) is 11.4 Å². The minimum absolute atomic E-state index is 0.0714. The Morgan fingerprint density at radius 1 is 1.50 bits per heavy atom. The molecule has 8 heteroatoms. The predicted octanol–water partition coefficient (Wildman–Crippen LogP) is 0.990. The molecule has 0 aromatic carbocycles. The number of anilines is 1. The normalized spacial score (nSPS) is 13.2. The second kappa shape index (κ2) is 6.58. The van der Waals surface area contributed by atoms with Crippen molar-refractivity contribution in [2.45, 2.75) is 0 Å². The maximum Gasteiger partial charge on any atom is 0.377 e. The van der Waals surface area contributed by atoms with Crippen molar-refractivity contribution in [3.63, 3.8) is 0 Å². The van der Waals surface area contributed by atoms with Crippen LogP contribution in [0.2, 0.25) is 0 Å². The Balaban J connectivity index is 1.82. The highest BCUT2D eigenvalue weighted by molar-refractivity contribution is 7.14. The van der Waals surface area contributed by atoms with Gasteiger partial charge in [0.15, 0.2) is 6.61 Å². The van der Waals surface area contributed by atoms with E-state index >= 15 is 0 Å². The summed E-state index contributed by atoms with van der Waals surface area (Å²) in [7, 11) is 0. The molecule has 0 atom stereocenters. The highest BCUT2D eigenvalue weighted by atomic mass is 32.1. The Bertz CT molecular complexity index is 587. The maximum atomic E-state index is 11.6. The van der Waals surface area contributed by atoms with Crippen LogP contribution in [0.25, 0.3) is 0 Å². The van der Waals surface area contributed by atoms with Crippen molar-refractivity contribution >= 4 is 28.2 Å². The Labute approximate surface area is 118 Å². The monoisotopic (exact) mass is 294 g/mol. The molecule has 0 saturated heterocycles. The van der Waals surface area contributed by atoms with Crippen LogP contribution in [0.4, 0.5) is 5.00 Å². The molecule has 0 fully saturated rings. The Morgan fingerprint density at radius 2 is 2.35 bits per heavy atom. The molecule has 0 saturated carbocycles. The quantitative estimate of drug-likeness (QED) is 0.832. The van der Waals surface area contributed by atoms with Crippen molar-refractivity contribution in [1.82, 2.24) is 0 Å². The maximum absolute atomic E-state index is 11.6. The fraction of sp³-hybridized carbons (Fsp3) is 0.250. The molecule has 1 aliphatic heterocycles. The van der Waals surface area contributed by atoms with Gasteiger partial charge in [-0.15, -0.1) is 11.3 Å². The second-order valence-corrected chi connectivity index (χ2v) is 4.52. The number of hydrogen-bond acceptors (Lipinski definition) is 7. The van der Waals surface area contributed by atoms with Crippen molar-refractivity contribution in [3.8, 4) is 6.07 Å². The largest absolute Gasteiger partial charge is 0.493 e. The highest BCUT2D eigenvalue weighted by Gasteiger charge is 2.18. The first-order valence-electron chi connectivity index (χ1n) is 5.60. The van der Waals surface area contributed by atoms with E-state index in [-0.39, 0.29) is 12.4 Å². The average molecular weight is 294 g/mol. The fourth-order valence-corrected chi connectivity index (χ4v) is 2.09. The molecule has 1 amide bonds. The molecule has 0 spiro atoms. The molecule has 1 aromatic rings. The lowest BCUT2D eigenvalue weighted by Gasteiger charge is -2.14. The number of hydrogen-bond donors (Lipinski definition) is 1. The lowest BCUT2D eigenvalue weighted by Crippen LogP contribution is -2.23. The molecule has 0 unspecified atom stereocenters. The molecule has 1 aliphatic rings. The number of thiophene rings is 1. The molecule has 7 nitrogen and oxygen atoms in total. The van der Waals surface area contributed by atoms with Gasteiger partial charge in [0.2, 0.25) is 5.76 Å². The third-order valence-electron chi connectivity index (χ3n) is 2.22. The van der Waals surface area contributed by atoms with E-state index in [0.717, 1.165) is 6.26 Å². The topological polar surface area (TPSA) is 97.7 Å². The number of nitriles is 1. The Morgan fingerprint density at radius 3 is 3.05 bits per heavy atom. The Kier molecular flexibility index (Phi) is 4.57. The van der Waals surface area contributed by atoms with Gasteiger partial charge in [0.25, 0.3) is 5.91 Å². The SMILES string of the molecule is N#Cc1ccsc1NC(=O)COC(=O)C1=COCCO1. The number of carbonyl (C=O) groups excluding carboxylic acids is 2. The van der Waals surface area contributed by atoms with Gasteiger partial charge in [-0.2, -0.15) is 5.26 Å². The number of ether oxygens (including phenoxy) is 3. The first kappa shape index (κ1) is 13.9. The zero-order valence-corrected chi connectivity index (χ0v) is 11.1. The first-order chi connectivity index (χ1) is 9.70. The molecule has 20 heavy (non-hydrogen) atoms. The van der Waals surface area contributed by atoms with Gasteiger partial charge in [0.05, 0.1) is 5.56 Å². The number of rotatable bonds is 4. The van der Waals surface area contributed by atoms with Crippen LogP contribution in [0.3, 0.4) is 0 Å². The summed E-state index contributed by atoms with van der Waals surface area (Å²) in [5.74, 6) is -1.38. The third kappa shape index (κ3) is 3.49. The first-order valence-corrected chi connectivity index (χ1v) is 6.48. The highest BCUT2D eigenvalue weighted by Crippen LogP contribution is 2.21. The van der Waals surface area contributed by atoms with E-state index in [0.29, 0.717) is 17.2 Å². The van der Waals surface area contributed by atoms with Crippen LogP contribution in [0, 0.1) is 11.3 Å². The summed E-state index contributed by atoms with van der Waals surface area (Å²) in [5, 5.41) is 13.4. The average Bonchev–Trinajstić information content (AvgIpc) is 2.92. The summed E-state index contributed by atoms with van der Waals surface area (Å²) < 4.78 is 14.7. The smallest absolute Gasteiger partial charge is 0.377 e. The summed E-state index contributed by atoms with van der Waals surface area (Å²) in [6.45, 7) is 0.155. The summed E-state index contributed by atoms with van der Waals surface area (Å²) in [5.41, 5.74) is 0.362. The fourth-order valence-electron chi connectivity index (χ4n) is 1.33. The zero-order chi connectivity index (χ0) is 14.4. The third-order valence-corrected chi connectivity index (χ3v) is 3.05. The van der Waals surface area contributed by atoms with E-state index in [1.165, 1.54) is 11.3 Å². The van der Waals surface area contributed by atoms with Crippen LogP contribution >= 0.6 is 11.3 Å². The van der Waals surface area contributed by atoms with Gasteiger partial charge < -0.3 is 19.5 Å². The lowest BCUT2D eigenvalue weighted by atomic mass is 10.3. The van der Waals surface area contributed by atoms with Crippen molar-refractivity contribution in [2.24, 2.45) is 0 Å². The van der Waals surface area contributed by atoms with Crippen LogP contribution in [0.15, 0.2) is 23.5 Å². The van der Waals surface area contributed by atoms with Crippen molar-refractivity contribution < 1.29 is 23.8 Å². The van der Waals surface area contributed by atoms with Gasteiger partial charge in [0.1, 0.15) is 30.5 Å². The molecule has 104 valence electrons. The summed E-state index contributed by atoms with van der Waals surface area (Å²) in [4.78, 5) is 23.1. The van der Waals surface area contributed by atoms with Gasteiger partial charge in [-0.1, -0.05) is 0 Å². The van der Waals surface area contributed by atoms with Gasteiger partial charge in [-0.3, -0.25) is 4.79 Å². The second-order valence-electron chi connectivity index (χ2n) is 3.60. The van der Waals surface area contributed by atoms with E-state index in [1.807, 2.05) is 6.07 Å². The molecule has 2 heterocycles.